The van der Waals surface area contributed by atoms with Gasteiger partial charge in [0.15, 0.2) is 11.5 Å². The van der Waals surface area contributed by atoms with Crippen LogP contribution in [0, 0.1) is 6.92 Å². The lowest BCUT2D eigenvalue weighted by atomic mass is 9.85. The van der Waals surface area contributed by atoms with Gasteiger partial charge in [0.05, 0.1) is 20.3 Å². The summed E-state index contributed by atoms with van der Waals surface area (Å²) in [6.07, 6.45) is 2.42. The predicted molar refractivity (Wildman–Crippen MR) is 62.2 cm³/mol. The summed E-state index contributed by atoms with van der Waals surface area (Å²) in [6, 6.07) is 1.98. The normalized spacial score (nSPS) is 19.1. The molecule has 0 spiro atoms. The summed E-state index contributed by atoms with van der Waals surface area (Å²) >= 11 is 0. The van der Waals surface area contributed by atoms with E-state index in [1.807, 2.05) is 6.07 Å². The van der Waals surface area contributed by atoms with Crippen molar-refractivity contribution >= 4 is 0 Å². The fourth-order valence-corrected chi connectivity index (χ4v) is 2.49. The number of hydrogen-bond acceptors (Lipinski definition) is 3. The summed E-state index contributed by atoms with van der Waals surface area (Å²) < 4.78 is 10.7. The predicted octanol–water partition coefficient (Wildman–Crippen LogP) is 2.38. The summed E-state index contributed by atoms with van der Waals surface area (Å²) in [6.45, 7) is 2.05. The van der Waals surface area contributed by atoms with Crippen LogP contribution in [0.4, 0.5) is 0 Å². The number of aliphatic hydroxyl groups is 1. The molecule has 1 aliphatic rings. The molecule has 3 nitrogen and oxygen atoms in total. The maximum Gasteiger partial charge on any atom is 0.166 e. The Balaban J connectivity index is 2.65. The lowest BCUT2D eigenvalue weighted by Gasteiger charge is -2.26. The molecule has 3 heteroatoms. The second-order valence-electron chi connectivity index (χ2n) is 4.23. The van der Waals surface area contributed by atoms with Gasteiger partial charge in [-0.1, -0.05) is 0 Å². The Morgan fingerprint density at radius 3 is 2.69 bits per heavy atom. The average molecular weight is 222 g/mol. The van der Waals surface area contributed by atoms with Gasteiger partial charge in [0, 0.05) is 5.56 Å². The van der Waals surface area contributed by atoms with E-state index in [-0.39, 0.29) is 0 Å². The molecular formula is C13H18O3. The van der Waals surface area contributed by atoms with Crippen LogP contribution in [0.25, 0.3) is 0 Å². The zero-order valence-corrected chi connectivity index (χ0v) is 10.0. The first-order valence-corrected chi connectivity index (χ1v) is 5.61. The highest BCUT2D eigenvalue weighted by molar-refractivity contribution is 5.56. The van der Waals surface area contributed by atoms with Gasteiger partial charge in [-0.05, 0) is 43.4 Å². The molecule has 0 aliphatic heterocycles. The van der Waals surface area contributed by atoms with Crippen LogP contribution in [-0.2, 0) is 6.42 Å². The summed E-state index contributed by atoms with van der Waals surface area (Å²) in [7, 11) is 3.24. The Hall–Kier alpha value is -1.22. The van der Waals surface area contributed by atoms with Gasteiger partial charge in [0.1, 0.15) is 0 Å². The number of benzene rings is 1. The van der Waals surface area contributed by atoms with Crippen molar-refractivity contribution in [3.8, 4) is 11.5 Å². The topological polar surface area (TPSA) is 38.7 Å². The Morgan fingerprint density at radius 2 is 2.06 bits per heavy atom. The van der Waals surface area contributed by atoms with Crippen molar-refractivity contribution in [3.63, 3.8) is 0 Å². The van der Waals surface area contributed by atoms with Gasteiger partial charge in [0.2, 0.25) is 0 Å². The summed E-state index contributed by atoms with van der Waals surface area (Å²) in [5, 5.41) is 10.1. The Morgan fingerprint density at radius 1 is 1.31 bits per heavy atom. The third-order valence-corrected chi connectivity index (χ3v) is 3.28. The molecule has 1 aromatic carbocycles. The van der Waals surface area contributed by atoms with Crippen molar-refractivity contribution in [2.75, 3.05) is 14.2 Å². The SMILES string of the molecule is COc1cc(C)c2c(c1OC)[C@@H](O)CCC2. The van der Waals surface area contributed by atoms with Gasteiger partial charge in [-0.3, -0.25) is 0 Å². The minimum absolute atomic E-state index is 0.424. The molecule has 0 fully saturated rings. The van der Waals surface area contributed by atoms with Gasteiger partial charge in [-0.25, -0.2) is 0 Å². The number of ether oxygens (including phenoxy) is 2. The molecular weight excluding hydrogens is 204 g/mol. The Kier molecular flexibility index (Phi) is 3.06. The second-order valence-corrected chi connectivity index (χ2v) is 4.23. The summed E-state index contributed by atoms with van der Waals surface area (Å²) in [5.74, 6) is 1.40. The molecule has 2 rings (SSSR count). The molecule has 0 unspecified atom stereocenters. The van der Waals surface area contributed by atoms with Crippen LogP contribution in [0.1, 0.15) is 35.6 Å². The van der Waals surface area contributed by atoms with E-state index in [2.05, 4.69) is 6.92 Å². The lowest BCUT2D eigenvalue weighted by Crippen LogP contribution is -2.13. The molecule has 0 radical (unpaired) electrons. The van der Waals surface area contributed by atoms with E-state index in [0.29, 0.717) is 11.5 Å². The maximum absolute atomic E-state index is 10.1. The third-order valence-electron chi connectivity index (χ3n) is 3.28. The monoisotopic (exact) mass is 222 g/mol. The van der Waals surface area contributed by atoms with Crippen molar-refractivity contribution in [2.45, 2.75) is 32.3 Å². The van der Waals surface area contributed by atoms with Crippen LogP contribution in [-0.4, -0.2) is 19.3 Å². The van der Waals surface area contributed by atoms with E-state index in [1.165, 1.54) is 11.1 Å². The zero-order chi connectivity index (χ0) is 11.7. The summed E-state index contributed by atoms with van der Waals surface area (Å²) in [4.78, 5) is 0. The van der Waals surface area contributed by atoms with Crippen molar-refractivity contribution in [3.05, 3.63) is 22.8 Å². The van der Waals surface area contributed by atoms with Gasteiger partial charge in [-0.15, -0.1) is 0 Å². The van der Waals surface area contributed by atoms with E-state index < -0.39 is 6.10 Å². The quantitative estimate of drug-likeness (QED) is 0.835. The van der Waals surface area contributed by atoms with E-state index in [0.717, 1.165) is 24.8 Å². The number of aliphatic hydroxyl groups excluding tert-OH is 1. The van der Waals surface area contributed by atoms with E-state index >= 15 is 0 Å². The standard InChI is InChI=1S/C13H18O3/c1-8-7-11(15-2)13(16-3)12-9(8)5-4-6-10(12)14/h7,10,14H,4-6H2,1-3H3/t10-/m0/s1. The van der Waals surface area contributed by atoms with Crippen LogP contribution < -0.4 is 9.47 Å². The highest BCUT2D eigenvalue weighted by Gasteiger charge is 2.26. The molecule has 1 aliphatic carbocycles. The van der Waals surface area contributed by atoms with E-state index in [1.54, 1.807) is 14.2 Å². The number of rotatable bonds is 2. The van der Waals surface area contributed by atoms with Crippen LogP contribution in [0.15, 0.2) is 6.07 Å². The van der Waals surface area contributed by atoms with Crippen molar-refractivity contribution in [1.82, 2.24) is 0 Å². The molecule has 0 saturated heterocycles. The van der Waals surface area contributed by atoms with Crippen LogP contribution in [0.2, 0.25) is 0 Å². The minimum Gasteiger partial charge on any atom is -0.493 e. The lowest BCUT2D eigenvalue weighted by molar-refractivity contribution is 0.151. The van der Waals surface area contributed by atoms with Gasteiger partial charge < -0.3 is 14.6 Å². The van der Waals surface area contributed by atoms with Crippen LogP contribution in [0.3, 0.4) is 0 Å². The first kappa shape index (κ1) is 11.3. The molecule has 1 N–H and O–H groups in total. The van der Waals surface area contributed by atoms with Gasteiger partial charge in [0.25, 0.3) is 0 Å². The smallest absolute Gasteiger partial charge is 0.166 e. The first-order valence-electron chi connectivity index (χ1n) is 5.61. The number of aryl methyl sites for hydroxylation is 1. The third kappa shape index (κ3) is 1.65. The Labute approximate surface area is 96.0 Å². The molecule has 1 atom stereocenters. The number of methoxy groups -OCH3 is 2. The summed E-state index contributed by atoms with van der Waals surface area (Å²) in [5.41, 5.74) is 3.31. The van der Waals surface area contributed by atoms with Crippen molar-refractivity contribution in [1.29, 1.82) is 0 Å². The van der Waals surface area contributed by atoms with Crippen molar-refractivity contribution < 1.29 is 14.6 Å². The highest BCUT2D eigenvalue weighted by atomic mass is 16.5. The molecule has 1 aromatic rings. The molecule has 88 valence electrons. The van der Waals surface area contributed by atoms with Gasteiger partial charge >= 0.3 is 0 Å². The molecule has 0 heterocycles. The molecule has 16 heavy (non-hydrogen) atoms. The van der Waals surface area contributed by atoms with E-state index in [4.69, 9.17) is 9.47 Å². The van der Waals surface area contributed by atoms with Gasteiger partial charge in [-0.2, -0.15) is 0 Å². The van der Waals surface area contributed by atoms with Crippen LogP contribution >= 0.6 is 0 Å². The number of fused-ring (bicyclic) bond motifs is 1. The fraction of sp³-hybridized carbons (Fsp3) is 0.538. The second kappa shape index (κ2) is 4.34. The average Bonchev–Trinajstić information content (AvgIpc) is 2.29. The minimum atomic E-state index is -0.424. The number of hydrogen-bond donors (Lipinski definition) is 1. The zero-order valence-electron chi connectivity index (χ0n) is 10.0. The first-order chi connectivity index (χ1) is 7.69. The fourth-order valence-electron chi connectivity index (χ4n) is 2.49. The molecule has 0 saturated carbocycles. The Bertz CT molecular complexity index is 399. The van der Waals surface area contributed by atoms with Crippen LogP contribution in [0.5, 0.6) is 11.5 Å². The highest BCUT2D eigenvalue weighted by Crippen LogP contribution is 2.43. The van der Waals surface area contributed by atoms with Crippen molar-refractivity contribution in [2.24, 2.45) is 0 Å². The molecule has 0 aromatic heterocycles. The molecule has 0 bridgehead atoms. The largest absolute Gasteiger partial charge is 0.493 e. The maximum atomic E-state index is 10.1. The van der Waals surface area contributed by atoms with E-state index in [9.17, 15) is 5.11 Å². The molecule has 0 amide bonds.